The minimum absolute atomic E-state index is 0.106. The summed E-state index contributed by atoms with van der Waals surface area (Å²) in [4.78, 5) is 11.5. The Balaban J connectivity index is 1.79. The number of carbonyl (C=O) groups excluding carboxylic acids is 1. The first-order valence-electron chi connectivity index (χ1n) is 4.94. The number of nitrogens with one attached hydrogen (secondary N) is 1. The summed E-state index contributed by atoms with van der Waals surface area (Å²) in [5.74, 6) is -0.792. The molecule has 7 heteroatoms. The highest BCUT2D eigenvalue weighted by Gasteiger charge is 2.32. The quantitative estimate of drug-likeness (QED) is 0.832. The van der Waals surface area contributed by atoms with E-state index in [1.807, 2.05) is 13.8 Å². The highest BCUT2D eigenvalue weighted by atomic mass is 32.1. The molecule has 1 amide bonds. The molecule has 0 aromatic carbocycles. The van der Waals surface area contributed by atoms with Gasteiger partial charge in [0.05, 0.1) is 6.61 Å². The van der Waals surface area contributed by atoms with E-state index in [1.54, 1.807) is 5.38 Å². The average molecular weight is 243 g/mol. The predicted molar refractivity (Wildman–Crippen MR) is 57.1 cm³/mol. The van der Waals surface area contributed by atoms with Crippen molar-refractivity contribution in [2.75, 3.05) is 13.2 Å². The van der Waals surface area contributed by atoms with E-state index in [1.165, 1.54) is 0 Å². The Kier molecular flexibility index (Phi) is 3.17. The van der Waals surface area contributed by atoms with E-state index in [9.17, 15) is 4.79 Å². The minimum Gasteiger partial charge on any atom is -0.348 e. The molecule has 1 aliphatic rings. The summed E-state index contributed by atoms with van der Waals surface area (Å²) in [6, 6.07) is 0. The van der Waals surface area contributed by atoms with Gasteiger partial charge < -0.3 is 14.8 Å². The van der Waals surface area contributed by atoms with Crippen LogP contribution < -0.4 is 5.32 Å². The zero-order chi connectivity index (χ0) is 11.6. The second-order valence-corrected chi connectivity index (χ2v) is 4.56. The third kappa shape index (κ3) is 2.75. The summed E-state index contributed by atoms with van der Waals surface area (Å²) in [6.45, 7) is 4.60. The van der Waals surface area contributed by atoms with E-state index >= 15 is 0 Å². The molecule has 1 N–H and O–H groups in total. The van der Waals surface area contributed by atoms with Crippen molar-refractivity contribution in [2.45, 2.75) is 25.7 Å². The van der Waals surface area contributed by atoms with E-state index in [2.05, 4.69) is 14.9 Å². The van der Waals surface area contributed by atoms with E-state index < -0.39 is 5.79 Å². The lowest BCUT2D eigenvalue weighted by molar-refractivity contribution is -0.137. The first kappa shape index (κ1) is 11.4. The molecule has 88 valence electrons. The first-order valence-corrected chi connectivity index (χ1v) is 5.77. The molecule has 1 saturated heterocycles. The number of ether oxygens (including phenoxy) is 2. The SMILES string of the molecule is CC1(C)OCC(CNC(=O)c2csnn2)O1. The van der Waals surface area contributed by atoms with Crippen LogP contribution in [0.2, 0.25) is 0 Å². The molecule has 0 saturated carbocycles. The fraction of sp³-hybridized carbons (Fsp3) is 0.667. The summed E-state index contributed by atoms with van der Waals surface area (Å²) in [5, 5.41) is 8.00. The Morgan fingerprint density at radius 3 is 3.12 bits per heavy atom. The Hall–Kier alpha value is -1.05. The number of nitrogens with zero attached hydrogens (tertiary/aromatic N) is 2. The van der Waals surface area contributed by atoms with Crippen LogP contribution in [0.15, 0.2) is 5.38 Å². The van der Waals surface area contributed by atoms with Gasteiger partial charge in [0.25, 0.3) is 5.91 Å². The molecule has 0 aliphatic carbocycles. The zero-order valence-corrected chi connectivity index (χ0v) is 9.91. The van der Waals surface area contributed by atoms with E-state index in [0.717, 1.165) is 11.5 Å². The van der Waals surface area contributed by atoms with Crippen LogP contribution in [0.1, 0.15) is 24.3 Å². The number of carbonyl (C=O) groups is 1. The topological polar surface area (TPSA) is 73.3 Å². The third-order valence-corrected chi connectivity index (χ3v) is 2.65. The van der Waals surface area contributed by atoms with Gasteiger partial charge >= 0.3 is 0 Å². The molecule has 1 aromatic rings. The van der Waals surface area contributed by atoms with Crippen LogP contribution in [0, 0.1) is 0 Å². The van der Waals surface area contributed by atoms with Crippen LogP contribution in [-0.2, 0) is 9.47 Å². The zero-order valence-electron chi connectivity index (χ0n) is 9.10. The van der Waals surface area contributed by atoms with Gasteiger partial charge in [-0.25, -0.2) is 0 Å². The maximum atomic E-state index is 11.5. The largest absolute Gasteiger partial charge is 0.348 e. The smallest absolute Gasteiger partial charge is 0.272 e. The van der Waals surface area contributed by atoms with Crippen molar-refractivity contribution in [2.24, 2.45) is 0 Å². The summed E-state index contributed by atoms with van der Waals surface area (Å²) in [7, 11) is 0. The average Bonchev–Trinajstić information content (AvgIpc) is 2.83. The van der Waals surface area contributed by atoms with E-state index in [0.29, 0.717) is 18.8 Å². The van der Waals surface area contributed by atoms with Gasteiger partial charge in [-0.05, 0) is 25.4 Å². The van der Waals surface area contributed by atoms with Gasteiger partial charge in [0, 0.05) is 11.9 Å². The molecule has 6 nitrogen and oxygen atoms in total. The Morgan fingerprint density at radius 2 is 2.56 bits per heavy atom. The molecule has 1 unspecified atom stereocenters. The molecule has 0 radical (unpaired) electrons. The molecular weight excluding hydrogens is 230 g/mol. The van der Waals surface area contributed by atoms with Gasteiger partial charge in [-0.2, -0.15) is 0 Å². The first-order chi connectivity index (χ1) is 7.57. The number of rotatable bonds is 3. The van der Waals surface area contributed by atoms with Gasteiger partial charge in [0.1, 0.15) is 6.10 Å². The van der Waals surface area contributed by atoms with Crippen molar-refractivity contribution in [1.29, 1.82) is 0 Å². The van der Waals surface area contributed by atoms with Crippen molar-refractivity contribution in [1.82, 2.24) is 14.9 Å². The lowest BCUT2D eigenvalue weighted by atomic mass is 10.3. The third-order valence-electron chi connectivity index (χ3n) is 2.15. The summed E-state index contributed by atoms with van der Waals surface area (Å²) >= 11 is 1.15. The molecule has 1 atom stereocenters. The van der Waals surface area contributed by atoms with Crippen LogP contribution in [-0.4, -0.2) is 40.5 Å². The summed E-state index contributed by atoms with van der Waals surface area (Å²) < 4.78 is 14.5. The van der Waals surface area contributed by atoms with E-state index in [-0.39, 0.29) is 12.0 Å². The standard InChI is InChI=1S/C9H13N3O3S/c1-9(2)14-4-6(15-9)3-10-8(13)7-5-16-12-11-7/h5-6H,3-4H2,1-2H3,(H,10,13). The molecule has 0 bridgehead atoms. The normalized spacial score (nSPS) is 23.2. The van der Waals surface area contributed by atoms with Crippen molar-refractivity contribution >= 4 is 17.4 Å². The fourth-order valence-electron chi connectivity index (χ4n) is 1.42. The highest BCUT2D eigenvalue weighted by Crippen LogP contribution is 2.21. The second-order valence-electron chi connectivity index (χ2n) is 3.95. The Labute approximate surface area is 97.1 Å². The van der Waals surface area contributed by atoms with Crippen LogP contribution in [0.5, 0.6) is 0 Å². The number of aromatic nitrogens is 2. The van der Waals surface area contributed by atoms with Crippen LogP contribution >= 0.6 is 11.5 Å². The summed E-state index contributed by atoms with van der Waals surface area (Å²) in [6.07, 6.45) is -0.106. The van der Waals surface area contributed by atoms with Crippen molar-refractivity contribution in [3.63, 3.8) is 0 Å². The van der Waals surface area contributed by atoms with E-state index in [4.69, 9.17) is 9.47 Å². The van der Waals surface area contributed by atoms with Gasteiger partial charge in [-0.1, -0.05) is 4.49 Å². The number of hydrogen-bond donors (Lipinski definition) is 1. The molecule has 1 aliphatic heterocycles. The van der Waals surface area contributed by atoms with Crippen molar-refractivity contribution < 1.29 is 14.3 Å². The Bertz CT molecular complexity index is 366. The molecule has 2 rings (SSSR count). The van der Waals surface area contributed by atoms with Crippen LogP contribution in [0.4, 0.5) is 0 Å². The van der Waals surface area contributed by atoms with Gasteiger partial charge in [-0.15, -0.1) is 5.10 Å². The van der Waals surface area contributed by atoms with Crippen LogP contribution in [0.3, 0.4) is 0 Å². The maximum Gasteiger partial charge on any atom is 0.272 e. The fourth-order valence-corrected chi connectivity index (χ4v) is 1.86. The predicted octanol–water partition coefficient (Wildman–Crippen LogP) is 0.419. The molecule has 0 spiro atoms. The minimum atomic E-state index is -0.558. The molecule has 2 heterocycles. The van der Waals surface area contributed by atoms with Crippen molar-refractivity contribution in [3.8, 4) is 0 Å². The van der Waals surface area contributed by atoms with Gasteiger partial charge in [0.15, 0.2) is 11.5 Å². The molecule has 1 aromatic heterocycles. The Morgan fingerprint density at radius 1 is 1.75 bits per heavy atom. The van der Waals surface area contributed by atoms with Gasteiger partial charge in [-0.3, -0.25) is 4.79 Å². The maximum absolute atomic E-state index is 11.5. The number of amides is 1. The lowest BCUT2D eigenvalue weighted by Gasteiger charge is -2.17. The monoisotopic (exact) mass is 243 g/mol. The summed E-state index contributed by atoms with van der Waals surface area (Å²) in [5.41, 5.74) is 0.336. The van der Waals surface area contributed by atoms with Crippen LogP contribution in [0.25, 0.3) is 0 Å². The second kappa shape index (κ2) is 4.44. The van der Waals surface area contributed by atoms with Gasteiger partial charge in [0.2, 0.25) is 0 Å². The highest BCUT2D eigenvalue weighted by molar-refractivity contribution is 7.03. The van der Waals surface area contributed by atoms with Crippen molar-refractivity contribution in [3.05, 3.63) is 11.1 Å². The molecular formula is C9H13N3O3S. The molecule has 1 fully saturated rings. The number of hydrogen-bond acceptors (Lipinski definition) is 6. The lowest BCUT2D eigenvalue weighted by Crippen LogP contribution is -2.34. The molecule has 16 heavy (non-hydrogen) atoms.